The topological polar surface area (TPSA) is 86.8 Å². The number of carbonyl (C=O) groups is 2. The summed E-state index contributed by atoms with van der Waals surface area (Å²) in [6, 6.07) is 17.7. The molecule has 39 heavy (non-hydrogen) atoms. The van der Waals surface area contributed by atoms with Gasteiger partial charge < -0.3 is 10.2 Å². The van der Waals surface area contributed by atoms with Gasteiger partial charge in [-0.15, -0.1) is 0 Å². The molecule has 0 aromatic heterocycles. The van der Waals surface area contributed by atoms with E-state index in [1.54, 1.807) is 18.2 Å². The molecule has 1 unspecified atom stereocenters. The van der Waals surface area contributed by atoms with Crippen LogP contribution >= 0.6 is 23.2 Å². The van der Waals surface area contributed by atoms with Gasteiger partial charge in [0, 0.05) is 19.0 Å². The molecule has 2 amide bonds. The number of halogens is 3. The average molecular weight is 595 g/mol. The molecule has 0 spiro atoms. The summed E-state index contributed by atoms with van der Waals surface area (Å²) >= 11 is 12.3. The Morgan fingerprint density at radius 2 is 1.56 bits per heavy atom. The van der Waals surface area contributed by atoms with E-state index in [4.69, 9.17) is 23.2 Å². The zero-order valence-corrected chi connectivity index (χ0v) is 24.1. The van der Waals surface area contributed by atoms with E-state index in [1.807, 2.05) is 44.2 Å². The van der Waals surface area contributed by atoms with E-state index in [1.165, 1.54) is 17.0 Å². The normalized spacial score (nSPS) is 12.2. The van der Waals surface area contributed by atoms with E-state index >= 15 is 0 Å². The molecule has 1 atom stereocenters. The first kappa shape index (κ1) is 30.4. The van der Waals surface area contributed by atoms with Crippen molar-refractivity contribution in [2.75, 3.05) is 17.1 Å². The van der Waals surface area contributed by atoms with Crippen LogP contribution in [0.25, 0.3) is 0 Å². The molecule has 0 radical (unpaired) electrons. The average Bonchev–Trinajstić information content (AvgIpc) is 2.87. The molecule has 0 aliphatic rings. The Kier molecular flexibility index (Phi) is 10.4. The van der Waals surface area contributed by atoms with Crippen molar-refractivity contribution in [3.63, 3.8) is 0 Å². The van der Waals surface area contributed by atoms with Crippen molar-refractivity contribution in [2.24, 2.45) is 0 Å². The van der Waals surface area contributed by atoms with Crippen molar-refractivity contribution < 1.29 is 22.4 Å². The zero-order valence-electron chi connectivity index (χ0n) is 21.8. The van der Waals surface area contributed by atoms with Gasteiger partial charge in [0.1, 0.15) is 18.4 Å². The van der Waals surface area contributed by atoms with Crippen molar-refractivity contribution >= 4 is 50.7 Å². The van der Waals surface area contributed by atoms with Gasteiger partial charge in [-0.2, -0.15) is 0 Å². The Hall–Kier alpha value is -3.14. The number of benzene rings is 3. The smallest absolute Gasteiger partial charge is 0.244 e. The first-order chi connectivity index (χ1) is 18.3. The fraction of sp³-hybridized carbons (Fsp3) is 0.286. The third kappa shape index (κ3) is 8.68. The van der Waals surface area contributed by atoms with Crippen LogP contribution in [0.3, 0.4) is 0 Å². The summed E-state index contributed by atoms with van der Waals surface area (Å²) in [4.78, 5) is 28.7. The van der Waals surface area contributed by atoms with Crippen molar-refractivity contribution in [1.82, 2.24) is 10.2 Å². The number of hydrogen-bond donors (Lipinski definition) is 1. The Morgan fingerprint density at radius 3 is 2.13 bits per heavy atom. The molecule has 3 rings (SSSR count). The summed E-state index contributed by atoms with van der Waals surface area (Å²) in [5, 5.41) is 3.48. The Balaban J connectivity index is 2.06. The van der Waals surface area contributed by atoms with Gasteiger partial charge in [0.25, 0.3) is 0 Å². The standard InChI is InChI=1S/C28H30Cl2FN3O4S/c1-19(2)32-28(36)26(16-20-7-5-4-6-8-20)33(17-21-9-14-24(29)25(30)15-21)27(35)18-34(39(3,37)38)23-12-10-22(31)11-13-23/h4-15,19,26H,16-18H2,1-3H3,(H,32,36). The van der Waals surface area contributed by atoms with E-state index in [0.717, 1.165) is 28.3 Å². The summed E-state index contributed by atoms with van der Waals surface area (Å²) in [7, 11) is -3.94. The third-order valence-electron chi connectivity index (χ3n) is 5.83. The summed E-state index contributed by atoms with van der Waals surface area (Å²) in [6.07, 6.45) is 1.14. The fourth-order valence-electron chi connectivity index (χ4n) is 3.99. The summed E-state index contributed by atoms with van der Waals surface area (Å²) in [5.41, 5.74) is 1.53. The molecule has 7 nitrogen and oxygen atoms in total. The van der Waals surface area contributed by atoms with Crippen molar-refractivity contribution in [1.29, 1.82) is 0 Å². The molecule has 208 valence electrons. The molecule has 0 aliphatic heterocycles. The lowest BCUT2D eigenvalue weighted by Crippen LogP contribution is -2.54. The number of nitrogens with one attached hydrogen (secondary N) is 1. The lowest BCUT2D eigenvalue weighted by Gasteiger charge is -2.34. The number of sulfonamides is 1. The largest absolute Gasteiger partial charge is 0.352 e. The van der Waals surface area contributed by atoms with Gasteiger partial charge in [0.15, 0.2) is 0 Å². The SMILES string of the molecule is CC(C)NC(=O)C(Cc1ccccc1)N(Cc1ccc(Cl)c(Cl)c1)C(=O)CN(c1ccc(F)cc1)S(C)(=O)=O. The lowest BCUT2D eigenvalue weighted by molar-refractivity contribution is -0.140. The monoisotopic (exact) mass is 593 g/mol. The molecule has 3 aromatic carbocycles. The number of anilines is 1. The number of nitrogens with zero attached hydrogens (tertiary/aromatic N) is 2. The van der Waals surface area contributed by atoms with Crippen molar-refractivity contribution in [3.05, 3.63) is 99.8 Å². The Labute approximate surface area is 238 Å². The first-order valence-electron chi connectivity index (χ1n) is 12.2. The van der Waals surface area contributed by atoms with Crippen LogP contribution in [0.2, 0.25) is 10.0 Å². The second-order valence-electron chi connectivity index (χ2n) is 9.38. The predicted octanol–water partition coefficient (Wildman–Crippen LogP) is 5.06. The highest BCUT2D eigenvalue weighted by Gasteiger charge is 2.33. The first-order valence-corrected chi connectivity index (χ1v) is 14.8. The van der Waals surface area contributed by atoms with Gasteiger partial charge in [0.2, 0.25) is 21.8 Å². The molecule has 0 bridgehead atoms. The van der Waals surface area contributed by atoms with E-state index in [-0.39, 0.29) is 29.7 Å². The van der Waals surface area contributed by atoms with Crippen LogP contribution in [0.1, 0.15) is 25.0 Å². The molecule has 0 aliphatic carbocycles. The van der Waals surface area contributed by atoms with E-state index < -0.39 is 40.2 Å². The maximum absolute atomic E-state index is 13.9. The number of amides is 2. The van der Waals surface area contributed by atoms with Gasteiger partial charge in [-0.3, -0.25) is 13.9 Å². The molecular weight excluding hydrogens is 564 g/mol. The van der Waals surface area contributed by atoms with Crippen LogP contribution in [0.15, 0.2) is 72.8 Å². The van der Waals surface area contributed by atoms with Gasteiger partial charge in [0.05, 0.1) is 22.0 Å². The van der Waals surface area contributed by atoms with Crippen LogP contribution in [-0.4, -0.2) is 50.0 Å². The molecule has 11 heteroatoms. The molecule has 0 saturated heterocycles. The quantitative estimate of drug-likeness (QED) is 0.336. The maximum Gasteiger partial charge on any atom is 0.244 e. The predicted molar refractivity (Wildman–Crippen MR) is 153 cm³/mol. The van der Waals surface area contributed by atoms with E-state index in [9.17, 15) is 22.4 Å². The van der Waals surface area contributed by atoms with Gasteiger partial charge in [-0.25, -0.2) is 12.8 Å². The third-order valence-corrected chi connectivity index (χ3v) is 7.71. The Morgan fingerprint density at radius 1 is 0.923 bits per heavy atom. The molecule has 0 saturated carbocycles. The van der Waals surface area contributed by atoms with Crippen molar-refractivity contribution in [2.45, 2.75) is 38.9 Å². The van der Waals surface area contributed by atoms with E-state index in [0.29, 0.717) is 10.6 Å². The zero-order chi connectivity index (χ0) is 28.7. The number of rotatable bonds is 11. The van der Waals surface area contributed by atoms with Crippen LogP contribution in [0.4, 0.5) is 10.1 Å². The highest BCUT2D eigenvalue weighted by molar-refractivity contribution is 7.92. The minimum atomic E-state index is -3.94. The summed E-state index contributed by atoms with van der Waals surface area (Å²) < 4.78 is 39.8. The minimum Gasteiger partial charge on any atom is -0.352 e. The van der Waals surface area contributed by atoms with E-state index in [2.05, 4.69) is 5.32 Å². The molecule has 3 aromatic rings. The second-order valence-corrected chi connectivity index (χ2v) is 12.1. The second kappa shape index (κ2) is 13.3. The van der Waals surface area contributed by atoms with Crippen LogP contribution in [-0.2, 0) is 32.6 Å². The highest BCUT2D eigenvalue weighted by atomic mass is 35.5. The highest BCUT2D eigenvalue weighted by Crippen LogP contribution is 2.25. The number of hydrogen-bond acceptors (Lipinski definition) is 4. The fourth-order valence-corrected chi connectivity index (χ4v) is 5.16. The maximum atomic E-state index is 13.9. The van der Waals surface area contributed by atoms with Crippen LogP contribution in [0, 0.1) is 5.82 Å². The van der Waals surface area contributed by atoms with Gasteiger partial charge >= 0.3 is 0 Å². The van der Waals surface area contributed by atoms with Gasteiger partial charge in [-0.05, 0) is 61.4 Å². The molecule has 0 heterocycles. The molecule has 0 fully saturated rings. The van der Waals surface area contributed by atoms with Crippen LogP contribution in [0.5, 0.6) is 0 Å². The summed E-state index contributed by atoms with van der Waals surface area (Å²) in [6.45, 7) is 2.97. The lowest BCUT2D eigenvalue weighted by atomic mass is 10.0. The molecular formula is C28H30Cl2FN3O4S. The number of carbonyl (C=O) groups excluding carboxylic acids is 2. The Bertz CT molecular complexity index is 1400. The molecule has 1 N–H and O–H groups in total. The minimum absolute atomic E-state index is 0.0419. The summed E-state index contributed by atoms with van der Waals surface area (Å²) in [5.74, 6) is -1.57. The van der Waals surface area contributed by atoms with Crippen LogP contribution < -0.4 is 9.62 Å². The van der Waals surface area contributed by atoms with Crippen molar-refractivity contribution in [3.8, 4) is 0 Å². The van der Waals surface area contributed by atoms with Gasteiger partial charge in [-0.1, -0.05) is 59.6 Å².